The summed E-state index contributed by atoms with van der Waals surface area (Å²) in [6, 6.07) is 0. The summed E-state index contributed by atoms with van der Waals surface area (Å²) in [4.78, 5) is 10.4. The molecule has 2 N–H and O–H groups in total. The Kier molecular flexibility index (Phi) is 3.62. The van der Waals surface area contributed by atoms with Crippen molar-refractivity contribution in [1.29, 1.82) is 0 Å². The number of nitrogens with two attached hydrogens (primary N) is 1. The lowest BCUT2D eigenvalue weighted by molar-refractivity contribution is 0.110. The number of carbonyl (C=O) groups is 1. The van der Waals surface area contributed by atoms with Crippen molar-refractivity contribution in [2.24, 2.45) is 11.1 Å². The van der Waals surface area contributed by atoms with E-state index in [0.717, 1.165) is 0 Å². The van der Waals surface area contributed by atoms with E-state index in [1.54, 1.807) is 0 Å². The molecule has 1 amide bonds. The van der Waals surface area contributed by atoms with Gasteiger partial charge in [0.25, 0.3) is 0 Å². The highest BCUT2D eigenvalue weighted by Gasteiger charge is 2.18. The van der Waals surface area contributed by atoms with E-state index in [0.29, 0.717) is 6.42 Å². The highest BCUT2D eigenvalue weighted by molar-refractivity contribution is 5.65. The Morgan fingerprint density at radius 2 is 2.17 bits per heavy atom. The van der Waals surface area contributed by atoms with E-state index in [2.05, 4.69) is 10.7 Å². The van der Waals surface area contributed by atoms with Crippen LogP contribution >= 0.6 is 0 Å². The summed E-state index contributed by atoms with van der Waals surface area (Å²) in [5.74, 6) is 2.37. The predicted octanol–water partition coefficient (Wildman–Crippen LogP) is 1.52. The lowest BCUT2D eigenvalue weighted by atomic mass is 9.89. The van der Waals surface area contributed by atoms with Gasteiger partial charge in [-0.05, 0) is 5.41 Å². The summed E-state index contributed by atoms with van der Waals surface area (Å²) < 4.78 is 4.68. The van der Waals surface area contributed by atoms with Crippen LogP contribution in [0.15, 0.2) is 0 Å². The highest BCUT2D eigenvalue weighted by Crippen LogP contribution is 2.21. The summed E-state index contributed by atoms with van der Waals surface area (Å²) in [6.07, 6.45) is 4.43. The topological polar surface area (TPSA) is 52.3 Å². The number of hydrogen-bond donors (Lipinski definition) is 1. The number of ether oxygens (including phenoxy) is 1. The first-order chi connectivity index (χ1) is 5.35. The van der Waals surface area contributed by atoms with E-state index in [-0.39, 0.29) is 5.41 Å². The number of rotatable bonds is 2. The molecule has 1 atom stereocenters. The van der Waals surface area contributed by atoms with E-state index >= 15 is 0 Å². The molecule has 0 bridgehead atoms. The zero-order valence-corrected chi connectivity index (χ0v) is 7.76. The molecule has 0 saturated heterocycles. The Morgan fingerprint density at radius 3 is 2.42 bits per heavy atom. The molecule has 3 nitrogen and oxygen atoms in total. The van der Waals surface area contributed by atoms with Gasteiger partial charge in [0.2, 0.25) is 0 Å². The van der Waals surface area contributed by atoms with Gasteiger partial charge in [-0.25, -0.2) is 4.79 Å². The smallest absolute Gasteiger partial charge is 0.405 e. The van der Waals surface area contributed by atoms with Gasteiger partial charge in [-0.1, -0.05) is 26.7 Å². The molecule has 0 radical (unpaired) electrons. The molecule has 0 aliphatic carbocycles. The van der Waals surface area contributed by atoms with Crippen LogP contribution in [0.3, 0.4) is 0 Å². The van der Waals surface area contributed by atoms with Crippen LogP contribution in [0, 0.1) is 17.8 Å². The Labute approximate surface area is 73.3 Å². The van der Waals surface area contributed by atoms with Crippen LogP contribution in [-0.4, -0.2) is 12.2 Å². The maximum Gasteiger partial charge on any atom is 0.405 e. The third-order valence-corrected chi connectivity index (χ3v) is 1.24. The van der Waals surface area contributed by atoms with E-state index in [4.69, 9.17) is 12.2 Å². The lowest BCUT2D eigenvalue weighted by Gasteiger charge is -2.21. The first-order valence-electron chi connectivity index (χ1n) is 3.77. The normalized spacial score (nSPS) is 13.2. The minimum Gasteiger partial charge on any atom is -0.433 e. The molecule has 0 aromatic rings. The Balaban J connectivity index is 4.03. The second-order valence-electron chi connectivity index (χ2n) is 3.86. The molecule has 0 fully saturated rings. The summed E-state index contributed by atoms with van der Waals surface area (Å²) in [6.45, 7) is 6.05. The quantitative estimate of drug-likeness (QED) is 0.637. The molecule has 3 heteroatoms. The fourth-order valence-electron chi connectivity index (χ4n) is 0.831. The second kappa shape index (κ2) is 4.01. The van der Waals surface area contributed by atoms with Gasteiger partial charge >= 0.3 is 6.09 Å². The standard InChI is InChI=1S/C9H15NO2/c1-5-7(12-8(10)11)6-9(2,3)4/h1,7H,6H2,2-4H3,(H2,10,11)/t7-/m0/s1. The molecule has 0 saturated carbocycles. The van der Waals surface area contributed by atoms with Crippen molar-refractivity contribution < 1.29 is 9.53 Å². The van der Waals surface area contributed by atoms with Crippen molar-refractivity contribution in [3.8, 4) is 12.3 Å². The zero-order chi connectivity index (χ0) is 9.78. The van der Waals surface area contributed by atoms with Crippen molar-refractivity contribution in [2.45, 2.75) is 33.3 Å². The molecule has 0 spiro atoms. The number of carbonyl (C=O) groups excluding carboxylic acids is 1. The van der Waals surface area contributed by atoms with Crippen LogP contribution in [0.5, 0.6) is 0 Å². The minimum absolute atomic E-state index is 0.0342. The Hall–Kier alpha value is -1.17. The fourth-order valence-corrected chi connectivity index (χ4v) is 0.831. The maximum absolute atomic E-state index is 10.4. The average molecular weight is 169 g/mol. The molecular weight excluding hydrogens is 154 g/mol. The first kappa shape index (κ1) is 10.8. The van der Waals surface area contributed by atoms with Crippen LogP contribution in [0.25, 0.3) is 0 Å². The van der Waals surface area contributed by atoms with Crippen molar-refractivity contribution in [2.75, 3.05) is 0 Å². The van der Waals surface area contributed by atoms with Gasteiger partial charge in [0, 0.05) is 6.42 Å². The van der Waals surface area contributed by atoms with Gasteiger partial charge < -0.3 is 10.5 Å². The van der Waals surface area contributed by atoms with Crippen LogP contribution in [0.4, 0.5) is 4.79 Å². The van der Waals surface area contributed by atoms with Gasteiger partial charge in [0.15, 0.2) is 6.10 Å². The molecule has 0 unspecified atom stereocenters. The van der Waals surface area contributed by atoms with Gasteiger partial charge in [0.05, 0.1) is 0 Å². The lowest BCUT2D eigenvalue weighted by Crippen LogP contribution is -2.25. The van der Waals surface area contributed by atoms with Crippen molar-refractivity contribution in [1.82, 2.24) is 0 Å². The number of hydrogen-bond acceptors (Lipinski definition) is 2. The minimum atomic E-state index is -0.817. The molecule has 12 heavy (non-hydrogen) atoms. The van der Waals surface area contributed by atoms with Crippen molar-refractivity contribution in [3.05, 3.63) is 0 Å². The summed E-state index contributed by atoms with van der Waals surface area (Å²) in [7, 11) is 0. The van der Waals surface area contributed by atoms with Crippen molar-refractivity contribution >= 4 is 6.09 Å². The summed E-state index contributed by atoms with van der Waals surface area (Å²) >= 11 is 0. The molecular formula is C9H15NO2. The molecule has 0 aliphatic rings. The third kappa shape index (κ3) is 5.60. The van der Waals surface area contributed by atoms with Crippen molar-refractivity contribution in [3.63, 3.8) is 0 Å². The van der Waals surface area contributed by atoms with Gasteiger partial charge in [-0.3, -0.25) is 0 Å². The van der Waals surface area contributed by atoms with Gasteiger partial charge in [0.1, 0.15) is 0 Å². The number of amides is 1. The van der Waals surface area contributed by atoms with Crippen LogP contribution in [0.1, 0.15) is 27.2 Å². The Bertz CT molecular complexity index is 198. The number of terminal acetylenes is 1. The maximum atomic E-state index is 10.4. The summed E-state index contributed by atoms with van der Waals surface area (Å²) in [5.41, 5.74) is 4.87. The van der Waals surface area contributed by atoms with Crippen LogP contribution in [-0.2, 0) is 4.74 Å². The largest absolute Gasteiger partial charge is 0.433 e. The third-order valence-electron chi connectivity index (χ3n) is 1.24. The molecule has 0 aromatic heterocycles. The van der Waals surface area contributed by atoms with E-state index in [1.165, 1.54) is 0 Å². The molecule has 0 aliphatic heterocycles. The second-order valence-corrected chi connectivity index (χ2v) is 3.86. The van der Waals surface area contributed by atoms with Crippen LogP contribution in [0.2, 0.25) is 0 Å². The summed E-state index contributed by atoms with van der Waals surface area (Å²) in [5, 5.41) is 0. The first-order valence-corrected chi connectivity index (χ1v) is 3.77. The molecule has 68 valence electrons. The molecule has 0 heterocycles. The predicted molar refractivity (Wildman–Crippen MR) is 47.4 cm³/mol. The molecule has 0 rings (SSSR count). The van der Waals surface area contributed by atoms with Gasteiger partial charge in [-0.2, -0.15) is 0 Å². The zero-order valence-electron chi connectivity index (χ0n) is 7.76. The average Bonchev–Trinajstić information content (AvgIpc) is 1.82. The monoisotopic (exact) mass is 169 g/mol. The van der Waals surface area contributed by atoms with E-state index in [9.17, 15) is 4.79 Å². The van der Waals surface area contributed by atoms with E-state index in [1.807, 2.05) is 20.8 Å². The molecule has 0 aromatic carbocycles. The number of primary amides is 1. The fraction of sp³-hybridized carbons (Fsp3) is 0.667. The SMILES string of the molecule is C#C[C@@H](CC(C)(C)C)OC(N)=O. The van der Waals surface area contributed by atoms with Gasteiger partial charge in [-0.15, -0.1) is 6.42 Å². The van der Waals surface area contributed by atoms with E-state index < -0.39 is 12.2 Å². The Morgan fingerprint density at radius 1 is 1.67 bits per heavy atom. The highest BCUT2D eigenvalue weighted by atomic mass is 16.6. The van der Waals surface area contributed by atoms with Crippen LogP contribution < -0.4 is 5.73 Å².